The Balaban J connectivity index is 1.68. The van der Waals surface area contributed by atoms with Crippen LogP contribution in [0.5, 0.6) is 5.75 Å². The van der Waals surface area contributed by atoms with Crippen LogP contribution in [0, 0.1) is 0 Å². The summed E-state index contributed by atoms with van der Waals surface area (Å²) in [5, 5.41) is 4.93. The molecular formula is C23H27N3O6. The fraction of sp³-hybridized carbons (Fsp3) is 0.304. The van der Waals surface area contributed by atoms with Gasteiger partial charge in [0.05, 0.1) is 0 Å². The first-order valence-electron chi connectivity index (χ1n) is 10.2. The number of carbonyl (C=O) groups excluding carboxylic acids is 4. The van der Waals surface area contributed by atoms with Crippen LogP contribution < -0.4 is 15.4 Å². The summed E-state index contributed by atoms with van der Waals surface area (Å²) in [5.41, 5.74) is 0.985. The Bertz CT molecular complexity index is 911. The summed E-state index contributed by atoms with van der Waals surface area (Å²) in [5.74, 6) is -1.34. The molecule has 0 aromatic heterocycles. The zero-order valence-electron chi connectivity index (χ0n) is 18.1. The van der Waals surface area contributed by atoms with Crippen LogP contribution in [0.2, 0.25) is 0 Å². The number of rotatable bonds is 11. The van der Waals surface area contributed by atoms with Crippen molar-refractivity contribution in [3.63, 3.8) is 0 Å². The van der Waals surface area contributed by atoms with E-state index in [1.165, 1.54) is 0 Å². The molecule has 0 heterocycles. The van der Waals surface area contributed by atoms with Gasteiger partial charge in [-0.3, -0.25) is 19.2 Å². The van der Waals surface area contributed by atoms with Gasteiger partial charge in [0.2, 0.25) is 0 Å². The maximum absolute atomic E-state index is 12.3. The minimum atomic E-state index is -0.756. The van der Waals surface area contributed by atoms with Crippen LogP contribution in [0.3, 0.4) is 0 Å². The number of esters is 1. The standard InChI is InChI=1S/C23H27N3O6/c1-3-26(4-2)23(30)17-10-12-18(13-11-17)25-21(28)16-32-22(29)14-24-20(27)15-31-19-8-6-5-7-9-19/h5-13H,3-4,14-16H2,1-2H3,(H,24,27)(H,25,28). The largest absolute Gasteiger partial charge is 0.484 e. The second-order valence-corrected chi connectivity index (χ2v) is 6.64. The van der Waals surface area contributed by atoms with E-state index in [2.05, 4.69) is 10.6 Å². The fourth-order valence-corrected chi connectivity index (χ4v) is 2.67. The topological polar surface area (TPSA) is 114 Å². The van der Waals surface area contributed by atoms with Crippen molar-refractivity contribution in [3.05, 3.63) is 60.2 Å². The van der Waals surface area contributed by atoms with Crippen molar-refractivity contribution in [1.29, 1.82) is 0 Å². The van der Waals surface area contributed by atoms with Crippen LogP contribution in [0.15, 0.2) is 54.6 Å². The molecule has 2 aromatic carbocycles. The lowest BCUT2D eigenvalue weighted by molar-refractivity contribution is -0.147. The van der Waals surface area contributed by atoms with Crippen LogP contribution >= 0.6 is 0 Å². The molecular weight excluding hydrogens is 414 g/mol. The molecule has 0 spiro atoms. The number of benzene rings is 2. The highest BCUT2D eigenvalue weighted by Gasteiger charge is 2.13. The van der Waals surface area contributed by atoms with Crippen molar-refractivity contribution in [2.24, 2.45) is 0 Å². The van der Waals surface area contributed by atoms with E-state index >= 15 is 0 Å². The molecule has 0 bridgehead atoms. The summed E-state index contributed by atoms with van der Waals surface area (Å²) in [7, 11) is 0. The summed E-state index contributed by atoms with van der Waals surface area (Å²) in [6, 6.07) is 15.2. The minimum absolute atomic E-state index is 0.0852. The van der Waals surface area contributed by atoms with Crippen molar-refractivity contribution in [1.82, 2.24) is 10.2 Å². The molecule has 0 aliphatic carbocycles. The van der Waals surface area contributed by atoms with Gasteiger partial charge in [0.1, 0.15) is 12.3 Å². The van der Waals surface area contributed by atoms with E-state index in [9.17, 15) is 19.2 Å². The molecule has 2 N–H and O–H groups in total. The summed E-state index contributed by atoms with van der Waals surface area (Å²) in [6.07, 6.45) is 0. The van der Waals surface area contributed by atoms with E-state index in [0.717, 1.165) is 0 Å². The Morgan fingerprint density at radius 2 is 1.50 bits per heavy atom. The van der Waals surface area contributed by atoms with Gasteiger partial charge >= 0.3 is 5.97 Å². The molecule has 0 saturated carbocycles. The molecule has 0 aliphatic rings. The molecule has 0 saturated heterocycles. The highest BCUT2D eigenvalue weighted by atomic mass is 16.5. The summed E-state index contributed by atoms with van der Waals surface area (Å²) < 4.78 is 10.1. The Hall–Kier alpha value is -3.88. The number of carbonyl (C=O) groups is 4. The van der Waals surface area contributed by atoms with E-state index in [1.807, 2.05) is 19.9 Å². The normalized spacial score (nSPS) is 10.1. The van der Waals surface area contributed by atoms with E-state index in [0.29, 0.717) is 30.1 Å². The third-order valence-corrected chi connectivity index (χ3v) is 4.37. The third kappa shape index (κ3) is 8.10. The summed E-state index contributed by atoms with van der Waals surface area (Å²) >= 11 is 0. The lowest BCUT2D eigenvalue weighted by atomic mass is 10.2. The molecule has 0 unspecified atom stereocenters. The van der Waals surface area contributed by atoms with Crippen molar-refractivity contribution >= 4 is 29.4 Å². The van der Waals surface area contributed by atoms with Gasteiger partial charge in [-0.25, -0.2) is 0 Å². The van der Waals surface area contributed by atoms with Gasteiger partial charge in [-0.05, 0) is 50.2 Å². The third-order valence-electron chi connectivity index (χ3n) is 4.37. The zero-order chi connectivity index (χ0) is 23.3. The van der Waals surface area contributed by atoms with E-state index in [-0.39, 0.29) is 19.1 Å². The van der Waals surface area contributed by atoms with Gasteiger partial charge < -0.3 is 25.0 Å². The predicted molar refractivity (Wildman–Crippen MR) is 118 cm³/mol. The molecule has 170 valence electrons. The average molecular weight is 441 g/mol. The summed E-state index contributed by atoms with van der Waals surface area (Å²) in [4.78, 5) is 49.4. The molecule has 0 radical (unpaired) electrons. The second kappa shape index (κ2) is 12.7. The van der Waals surface area contributed by atoms with Gasteiger partial charge in [0.25, 0.3) is 17.7 Å². The average Bonchev–Trinajstić information content (AvgIpc) is 2.82. The second-order valence-electron chi connectivity index (χ2n) is 6.64. The maximum atomic E-state index is 12.3. The van der Waals surface area contributed by atoms with E-state index in [1.54, 1.807) is 53.4 Å². The Morgan fingerprint density at radius 3 is 2.12 bits per heavy atom. The SMILES string of the molecule is CCN(CC)C(=O)c1ccc(NC(=O)COC(=O)CNC(=O)COc2ccccc2)cc1. The minimum Gasteiger partial charge on any atom is -0.484 e. The Labute approximate surface area is 186 Å². The van der Waals surface area contributed by atoms with Gasteiger partial charge in [0, 0.05) is 24.3 Å². The van der Waals surface area contributed by atoms with Crippen LogP contribution in [-0.4, -0.2) is 61.4 Å². The number of para-hydroxylation sites is 1. The molecule has 9 nitrogen and oxygen atoms in total. The van der Waals surface area contributed by atoms with Crippen LogP contribution in [0.25, 0.3) is 0 Å². The molecule has 2 aromatic rings. The van der Waals surface area contributed by atoms with Gasteiger partial charge in [-0.1, -0.05) is 18.2 Å². The van der Waals surface area contributed by atoms with Crippen LogP contribution in [0.4, 0.5) is 5.69 Å². The first-order chi connectivity index (χ1) is 15.4. The zero-order valence-corrected chi connectivity index (χ0v) is 18.1. The lowest BCUT2D eigenvalue weighted by Crippen LogP contribution is -2.35. The van der Waals surface area contributed by atoms with Gasteiger partial charge in [-0.2, -0.15) is 0 Å². The quantitative estimate of drug-likeness (QED) is 0.515. The first-order valence-corrected chi connectivity index (χ1v) is 10.2. The number of ether oxygens (including phenoxy) is 2. The van der Waals surface area contributed by atoms with E-state index in [4.69, 9.17) is 9.47 Å². The molecule has 9 heteroatoms. The van der Waals surface area contributed by atoms with Crippen molar-refractivity contribution < 1.29 is 28.7 Å². The number of amides is 3. The summed E-state index contributed by atoms with van der Waals surface area (Å²) in [6.45, 7) is 3.90. The van der Waals surface area contributed by atoms with Crippen molar-refractivity contribution in [2.75, 3.05) is 38.2 Å². The van der Waals surface area contributed by atoms with Crippen molar-refractivity contribution in [3.8, 4) is 5.75 Å². The van der Waals surface area contributed by atoms with Gasteiger partial charge in [-0.15, -0.1) is 0 Å². The highest BCUT2D eigenvalue weighted by Crippen LogP contribution is 2.12. The number of hydrogen-bond donors (Lipinski definition) is 2. The maximum Gasteiger partial charge on any atom is 0.325 e. The number of nitrogens with one attached hydrogen (secondary N) is 2. The molecule has 0 atom stereocenters. The fourth-order valence-electron chi connectivity index (χ4n) is 2.67. The lowest BCUT2D eigenvalue weighted by Gasteiger charge is -2.18. The number of nitrogens with zero attached hydrogens (tertiary/aromatic N) is 1. The number of hydrogen-bond acceptors (Lipinski definition) is 6. The van der Waals surface area contributed by atoms with Crippen molar-refractivity contribution in [2.45, 2.75) is 13.8 Å². The van der Waals surface area contributed by atoms with Crippen LogP contribution in [0.1, 0.15) is 24.2 Å². The predicted octanol–water partition coefficient (Wildman–Crippen LogP) is 1.85. The van der Waals surface area contributed by atoms with E-state index < -0.39 is 24.4 Å². The smallest absolute Gasteiger partial charge is 0.325 e. The molecule has 2 rings (SSSR count). The highest BCUT2D eigenvalue weighted by molar-refractivity contribution is 5.96. The van der Waals surface area contributed by atoms with Crippen LogP contribution in [-0.2, 0) is 19.1 Å². The Kier molecular flexibility index (Phi) is 9.70. The van der Waals surface area contributed by atoms with Gasteiger partial charge in [0.15, 0.2) is 13.2 Å². The molecule has 3 amide bonds. The molecule has 0 aliphatic heterocycles. The molecule has 0 fully saturated rings. The first kappa shape index (κ1) is 24.4. The molecule has 32 heavy (non-hydrogen) atoms. The monoisotopic (exact) mass is 441 g/mol. The number of anilines is 1. The Morgan fingerprint density at radius 1 is 0.844 bits per heavy atom.